The van der Waals surface area contributed by atoms with E-state index in [9.17, 15) is 13.6 Å². The predicted octanol–water partition coefficient (Wildman–Crippen LogP) is 3.43. The summed E-state index contributed by atoms with van der Waals surface area (Å²) >= 11 is 2.98. The van der Waals surface area contributed by atoms with Crippen molar-refractivity contribution in [3.63, 3.8) is 0 Å². The summed E-state index contributed by atoms with van der Waals surface area (Å²) in [6, 6.07) is 6.68. The summed E-state index contributed by atoms with van der Waals surface area (Å²) in [6.45, 7) is 0.0105. The van der Waals surface area contributed by atoms with Crippen LogP contribution in [0.3, 0.4) is 0 Å². The van der Waals surface area contributed by atoms with Crippen LogP contribution in [0.15, 0.2) is 34.8 Å². The van der Waals surface area contributed by atoms with E-state index in [1.807, 2.05) is 0 Å². The van der Waals surface area contributed by atoms with Crippen molar-refractivity contribution in [2.45, 2.75) is 6.54 Å². The fraction of sp³-hybridized carbons (Fsp3) is 0.0769. The largest absolute Gasteiger partial charge is 0.477 e. The number of hydrogen-bond donors (Lipinski definition) is 2. The third-order valence-electron chi connectivity index (χ3n) is 2.48. The molecule has 0 radical (unpaired) electrons. The first-order valence-electron chi connectivity index (χ1n) is 5.55. The van der Waals surface area contributed by atoms with Crippen LogP contribution in [0.25, 0.3) is 0 Å². The summed E-state index contributed by atoms with van der Waals surface area (Å²) < 4.78 is 27.4. The molecule has 0 aliphatic heterocycles. The Morgan fingerprint density at radius 3 is 2.55 bits per heavy atom. The van der Waals surface area contributed by atoms with Crippen molar-refractivity contribution in [1.82, 2.24) is 4.98 Å². The van der Waals surface area contributed by atoms with Gasteiger partial charge >= 0.3 is 5.97 Å². The van der Waals surface area contributed by atoms with Gasteiger partial charge in [-0.25, -0.2) is 18.6 Å². The maximum absolute atomic E-state index is 13.6. The van der Waals surface area contributed by atoms with Gasteiger partial charge in [-0.15, -0.1) is 0 Å². The summed E-state index contributed by atoms with van der Waals surface area (Å²) in [5, 5.41) is 11.4. The van der Waals surface area contributed by atoms with Crippen molar-refractivity contribution >= 4 is 27.6 Å². The van der Waals surface area contributed by atoms with Gasteiger partial charge in [0.2, 0.25) is 0 Å². The Hall–Kier alpha value is -2.02. The molecule has 7 heteroatoms. The van der Waals surface area contributed by atoms with Crippen LogP contribution in [0.4, 0.5) is 14.5 Å². The number of carboxylic acid groups (broad SMARTS) is 1. The number of nitrogens with zero attached hydrogens (tertiary/aromatic N) is 1. The third kappa shape index (κ3) is 3.30. The molecule has 2 aromatic rings. The number of rotatable bonds is 4. The molecular weight excluding hydrogens is 334 g/mol. The minimum Gasteiger partial charge on any atom is -0.477 e. The van der Waals surface area contributed by atoms with Gasteiger partial charge in [0.25, 0.3) is 0 Å². The Morgan fingerprint density at radius 1 is 1.30 bits per heavy atom. The number of halogens is 3. The highest BCUT2D eigenvalue weighted by atomic mass is 79.9. The maximum Gasteiger partial charge on any atom is 0.354 e. The molecule has 1 aromatic heterocycles. The summed E-state index contributed by atoms with van der Waals surface area (Å²) in [5.41, 5.74) is -0.0385. The lowest BCUT2D eigenvalue weighted by Crippen LogP contribution is -2.08. The molecule has 0 saturated carbocycles. The first-order chi connectivity index (χ1) is 9.47. The van der Waals surface area contributed by atoms with Gasteiger partial charge in [-0.2, -0.15) is 0 Å². The number of nitrogens with one attached hydrogen (secondary N) is 1. The third-order valence-corrected chi connectivity index (χ3v) is 2.94. The van der Waals surface area contributed by atoms with E-state index in [1.165, 1.54) is 12.1 Å². The number of benzene rings is 1. The van der Waals surface area contributed by atoms with E-state index in [0.717, 1.165) is 12.1 Å². The fourth-order valence-corrected chi connectivity index (χ4v) is 1.99. The molecule has 0 saturated heterocycles. The molecule has 1 aromatic carbocycles. The number of carbonyl (C=O) groups is 1. The van der Waals surface area contributed by atoms with E-state index >= 15 is 0 Å². The zero-order valence-electron chi connectivity index (χ0n) is 10.0. The van der Waals surface area contributed by atoms with Crippen LogP contribution >= 0.6 is 15.9 Å². The lowest BCUT2D eigenvalue weighted by atomic mass is 10.2. The van der Waals surface area contributed by atoms with E-state index in [1.54, 1.807) is 6.07 Å². The first kappa shape index (κ1) is 14.4. The van der Waals surface area contributed by atoms with Crippen LogP contribution in [0.2, 0.25) is 0 Å². The molecule has 0 aliphatic rings. The van der Waals surface area contributed by atoms with Crippen molar-refractivity contribution in [1.29, 1.82) is 0 Å². The van der Waals surface area contributed by atoms with Crippen LogP contribution in [0, 0.1) is 11.6 Å². The van der Waals surface area contributed by atoms with Crippen molar-refractivity contribution in [3.05, 3.63) is 57.8 Å². The van der Waals surface area contributed by atoms with Crippen LogP contribution < -0.4 is 5.32 Å². The molecule has 0 amide bonds. The Balaban J connectivity index is 2.17. The molecule has 0 fully saturated rings. The van der Waals surface area contributed by atoms with Crippen molar-refractivity contribution in [3.8, 4) is 0 Å². The fourth-order valence-electron chi connectivity index (χ4n) is 1.59. The molecule has 2 N–H and O–H groups in total. The Bertz CT molecular complexity index is 642. The molecule has 0 aliphatic carbocycles. The lowest BCUT2D eigenvalue weighted by molar-refractivity contribution is 0.0690. The van der Waals surface area contributed by atoms with Crippen LogP contribution in [-0.4, -0.2) is 16.1 Å². The lowest BCUT2D eigenvalue weighted by Gasteiger charge is -2.09. The van der Waals surface area contributed by atoms with Crippen molar-refractivity contribution in [2.24, 2.45) is 0 Å². The molecule has 104 valence electrons. The molecule has 2 rings (SSSR count). The molecule has 0 unspecified atom stereocenters. The maximum atomic E-state index is 13.6. The van der Waals surface area contributed by atoms with E-state index in [4.69, 9.17) is 5.11 Å². The summed E-state index contributed by atoms with van der Waals surface area (Å²) in [4.78, 5) is 14.6. The highest BCUT2D eigenvalue weighted by molar-refractivity contribution is 9.10. The number of aromatic carboxylic acids is 1. The van der Waals surface area contributed by atoms with Crippen molar-refractivity contribution < 1.29 is 18.7 Å². The second kappa shape index (κ2) is 5.96. The number of pyridine rings is 1. The second-order valence-electron chi connectivity index (χ2n) is 3.92. The van der Waals surface area contributed by atoms with E-state index in [0.29, 0.717) is 10.2 Å². The highest BCUT2D eigenvalue weighted by Crippen LogP contribution is 2.24. The van der Waals surface area contributed by atoms with Gasteiger partial charge in [-0.05, 0) is 24.3 Å². The zero-order valence-corrected chi connectivity index (χ0v) is 11.6. The second-order valence-corrected chi connectivity index (χ2v) is 4.83. The van der Waals surface area contributed by atoms with Crippen LogP contribution in [0.1, 0.15) is 16.2 Å². The first-order valence-corrected chi connectivity index (χ1v) is 6.34. The Labute approximate surface area is 121 Å². The number of hydrogen-bond acceptors (Lipinski definition) is 3. The zero-order chi connectivity index (χ0) is 14.7. The van der Waals surface area contributed by atoms with Gasteiger partial charge in [-0.1, -0.05) is 22.0 Å². The van der Waals surface area contributed by atoms with Gasteiger partial charge < -0.3 is 10.4 Å². The van der Waals surface area contributed by atoms with E-state index < -0.39 is 17.6 Å². The molecule has 0 atom stereocenters. The number of aromatic nitrogens is 1. The average molecular weight is 343 g/mol. The van der Waals surface area contributed by atoms with Gasteiger partial charge in [0.15, 0.2) is 0 Å². The van der Waals surface area contributed by atoms with Gasteiger partial charge in [-0.3, -0.25) is 0 Å². The van der Waals surface area contributed by atoms with Crippen LogP contribution in [-0.2, 0) is 6.54 Å². The van der Waals surface area contributed by atoms with Gasteiger partial charge in [0.05, 0.1) is 12.2 Å². The topological polar surface area (TPSA) is 62.2 Å². The minimum atomic E-state index is -1.16. The molecule has 0 spiro atoms. The number of carboxylic acids is 1. The van der Waals surface area contributed by atoms with E-state index in [-0.39, 0.29) is 17.9 Å². The summed E-state index contributed by atoms with van der Waals surface area (Å²) in [7, 11) is 0. The average Bonchev–Trinajstić information content (AvgIpc) is 2.37. The van der Waals surface area contributed by atoms with Crippen molar-refractivity contribution in [2.75, 3.05) is 5.32 Å². The quantitative estimate of drug-likeness (QED) is 0.893. The smallest absolute Gasteiger partial charge is 0.354 e. The standard InChI is InChI=1S/C13H9BrF2N2O2/c14-7-4-9(15)12(10(16)5-7)17-6-8-2-1-3-11(18-8)13(19)20/h1-5,17H,6H2,(H,19,20). The molecule has 1 heterocycles. The Kier molecular flexibility index (Phi) is 4.29. The molecule has 0 bridgehead atoms. The van der Waals surface area contributed by atoms with Gasteiger partial charge in [0, 0.05) is 4.47 Å². The minimum absolute atomic E-state index is 0.0105. The van der Waals surface area contributed by atoms with Crippen LogP contribution in [0.5, 0.6) is 0 Å². The van der Waals surface area contributed by atoms with Gasteiger partial charge in [0.1, 0.15) is 23.0 Å². The Morgan fingerprint density at radius 2 is 1.95 bits per heavy atom. The number of anilines is 1. The predicted molar refractivity (Wildman–Crippen MR) is 72.6 cm³/mol. The SMILES string of the molecule is O=C(O)c1cccc(CNc2c(F)cc(Br)cc2F)n1. The molecular formula is C13H9BrF2N2O2. The summed E-state index contributed by atoms with van der Waals surface area (Å²) in [5.74, 6) is -2.65. The summed E-state index contributed by atoms with van der Waals surface area (Å²) in [6.07, 6.45) is 0. The van der Waals surface area contributed by atoms with E-state index in [2.05, 4.69) is 26.2 Å². The normalized spacial score (nSPS) is 10.3. The molecule has 20 heavy (non-hydrogen) atoms. The molecule has 4 nitrogen and oxygen atoms in total. The monoisotopic (exact) mass is 342 g/mol. The highest BCUT2D eigenvalue weighted by Gasteiger charge is 2.11.